The Morgan fingerprint density at radius 1 is 1.56 bits per heavy atom. The Hall–Kier alpha value is -0.318. The summed E-state index contributed by atoms with van der Waals surface area (Å²) in [7, 11) is 0. The third-order valence-corrected chi connectivity index (χ3v) is 2.30. The molecule has 0 amide bonds. The fourth-order valence-electron chi connectivity index (χ4n) is 1.31. The van der Waals surface area contributed by atoms with Crippen LogP contribution in [0.4, 0.5) is 0 Å². The van der Waals surface area contributed by atoms with Gasteiger partial charge in [0.2, 0.25) is 0 Å². The molecule has 0 heterocycles. The van der Waals surface area contributed by atoms with Crippen molar-refractivity contribution in [3.63, 3.8) is 0 Å². The van der Waals surface area contributed by atoms with E-state index < -0.39 is 0 Å². The third-order valence-electron chi connectivity index (χ3n) is 2.30. The molecular weight excluding hydrogens is 446 g/mol. The number of aryl methyl sites for hydroxylation is 1. The molecule has 0 atom stereocenters. The van der Waals surface area contributed by atoms with Crippen LogP contribution >= 0.6 is 0 Å². The van der Waals surface area contributed by atoms with Crippen LogP contribution < -0.4 is 0 Å². The fourth-order valence-corrected chi connectivity index (χ4v) is 1.31. The number of hydrogen-bond donors (Lipinski definition) is 0. The first-order valence-corrected chi connectivity index (χ1v) is 6.08. The molecule has 0 bridgehead atoms. The summed E-state index contributed by atoms with van der Waals surface area (Å²) in [6.45, 7) is 11.3. The molecule has 0 aliphatic heterocycles. The molecule has 0 unspecified atom stereocenters. The van der Waals surface area contributed by atoms with E-state index in [1.54, 1.807) is 12.1 Å². The number of benzene rings is 1. The first-order chi connectivity index (χ1) is 8.17. The number of ketones is 1. The first kappa shape index (κ1) is 20.0. The van der Waals surface area contributed by atoms with E-state index in [2.05, 4.69) is 26.5 Å². The summed E-state index contributed by atoms with van der Waals surface area (Å²) in [4.78, 5) is 11.4. The van der Waals surface area contributed by atoms with Crippen LogP contribution in [0.1, 0.15) is 48.5 Å². The Kier molecular flexibility index (Phi) is 14.6. The normalized spacial score (nSPS) is 8.61. The molecule has 0 aromatic heterocycles. The molecule has 0 saturated carbocycles. The summed E-state index contributed by atoms with van der Waals surface area (Å²) >= 11 is 0. The van der Waals surface area contributed by atoms with Crippen LogP contribution in [0.5, 0.6) is 0 Å². The largest absolute Gasteiger partial charge is 2.00 e. The Morgan fingerprint density at radius 2 is 2.22 bits per heavy atom. The molecule has 1 aromatic rings. The summed E-state index contributed by atoms with van der Waals surface area (Å²) in [6.07, 6.45) is 5.67. The van der Waals surface area contributed by atoms with E-state index in [1.165, 1.54) is 12.8 Å². The summed E-state index contributed by atoms with van der Waals surface area (Å²) in [5, 5.41) is 0. The number of carbonyl (C=O) groups is 1. The molecule has 0 saturated heterocycles. The Bertz CT molecular complexity index is 343. The van der Waals surface area contributed by atoms with E-state index in [0.717, 1.165) is 17.5 Å². The van der Waals surface area contributed by atoms with Gasteiger partial charge in [-0.2, -0.15) is 36.2 Å². The van der Waals surface area contributed by atoms with Crippen molar-refractivity contribution >= 4 is 5.78 Å². The van der Waals surface area contributed by atoms with Crippen molar-refractivity contribution in [1.29, 1.82) is 0 Å². The molecule has 18 heavy (non-hydrogen) atoms. The standard InChI is InChI=1S/C11H11O.C5H11.U/c1-3-6-11(12)10-8-5-4-7-9(10)2;1-3-5-4-2;/h3-5,8H,1,6H2,2H3;1,3-5H2,2H3;/q2*-1;+2. The molecule has 1 nitrogen and oxygen atoms in total. The van der Waals surface area contributed by atoms with E-state index in [4.69, 9.17) is 0 Å². The molecule has 1 rings (SSSR count). The van der Waals surface area contributed by atoms with E-state index in [9.17, 15) is 4.79 Å². The van der Waals surface area contributed by atoms with E-state index in [-0.39, 0.29) is 36.9 Å². The summed E-state index contributed by atoms with van der Waals surface area (Å²) in [5.41, 5.74) is 1.65. The van der Waals surface area contributed by atoms with Crippen LogP contribution in [0.15, 0.2) is 30.9 Å². The average molecular weight is 468 g/mol. The van der Waals surface area contributed by atoms with Crippen molar-refractivity contribution in [3.05, 3.63) is 55.0 Å². The van der Waals surface area contributed by atoms with Crippen LogP contribution in [0.3, 0.4) is 0 Å². The molecule has 0 fully saturated rings. The predicted molar refractivity (Wildman–Crippen MR) is 74.0 cm³/mol. The van der Waals surface area contributed by atoms with Crippen molar-refractivity contribution in [2.75, 3.05) is 0 Å². The number of rotatable bonds is 5. The zero-order chi connectivity index (χ0) is 13.1. The van der Waals surface area contributed by atoms with E-state index >= 15 is 0 Å². The van der Waals surface area contributed by atoms with Crippen LogP contribution in [-0.2, 0) is 0 Å². The molecule has 0 aliphatic rings. The second-order valence-electron chi connectivity index (χ2n) is 3.83. The Morgan fingerprint density at radius 3 is 2.61 bits per heavy atom. The van der Waals surface area contributed by atoms with Gasteiger partial charge in [0.15, 0.2) is 0 Å². The number of Topliss-reactive ketones (excluding diaryl/α,β-unsaturated/α-hetero) is 1. The van der Waals surface area contributed by atoms with Gasteiger partial charge in [-0.25, -0.2) is 0 Å². The molecule has 0 N–H and O–H groups in total. The van der Waals surface area contributed by atoms with Crippen molar-refractivity contribution in [3.8, 4) is 0 Å². The van der Waals surface area contributed by atoms with Crippen molar-refractivity contribution < 1.29 is 35.9 Å². The van der Waals surface area contributed by atoms with Crippen LogP contribution in [0.2, 0.25) is 0 Å². The third kappa shape index (κ3) is 8.73. The molecule has 0 spiro atoms. The molecule has 2 heteroatoms. The summed E-state index contributed by atoms with van der Waals surface area (Å²) < 4.78 is 0. The molecule has 0 radical (unpaired) electrons. The fraction of sp³-hybridized carbons (Fsp3) is 0.375. The van der Waals surface area contributed by atoms with Crippen molar-refractivity contribution in [2.45, 2.75) is 39.5 Å². The van der Waals surface area contributed by atoms with Gasteiger partial charge in [-0.3, -0.25) is 0 Å². The van der Waals surface area contributed by atoms with Gasteiger partial charge in [-0.15, -0.1) is 6.58 Å². The number of hydrogen-bond acceptors (Lipinski definition) is 1. The maximum atomic E-state index is 11.4. The number of carbonyl (C=O) groups excluding carboxylic acids is 1. The number of unbranched alkanes of at least 4 members (excludes halogenated alkanes) is 2. The monoisotopic (exact) mass is 468 g/mol. The van der Waals surface area contributed by atoms with Crippen LogP contribution in [0, 0.1) is 51.0 Å². The minimum absolute atomic E-state index is 0. The maximum absolute atomic E-state index is 11.4. The van der Waals surface area contributed by atoms with Gasteiger partial charge < -0.3 is 11.7 Å². The molecule has 1 aromatic carbocycles. The van der Waals surface area contributed by atoms with Crippen LogP contribution in [0.25, 0.3) is 0 Å². The van der Waals surface area contributed by atoms with E-state index in [1.807, 2.05) is 19.1 Å². The molecule has 96 valence electrons. The summed E-state index contributed by atoms with van der Waals surface area (Å²) in [6, 6.07) is 8.43. The first-order valence-electron chi connectivity index (χ1n) is 6.08. The maximum Gasteiger partial charge on any atom is 2.00 e. The molecular formula is C16H22OU. The zero-order valence-electron chi connectivity index (χ0n) is 11.5. The quantitative estimate of drug-likeness (QED) is 0.352. The SMILES string of the molecule is C=CCC(=O)c1ccc[c-]c1C.[CH2-]CCCC.[U+2]. The Labute approximate surface area is 135 Å². The minimum atomic E-state index is 0. The van der Waals surface area contributed by atoms with Gasteiger partial charge in [0.1, 0.15) is 5.78 Å². The summed E-state index contributed by atoms with van der Waals surface area (Å²) in [5.74, 6) is 0.111. The van der Waals surface area contributed by atoms with Gasteiger partial charge in [0.05, 0.1) is 0 Å². The van der Waals surface area contributed by atoms with Gasteiger partial charge in [0.25, 0.3) is 0 Å². The van der Waals surface area contributed by atoms with Crippen LogP contribution in [-0.4, -0.2) is 5.78 Å². The topological polar surface area (TPSA) is 17.1 Å². The van der Waals surface area contributed by atoms with Gasteiger partial charge >= 0.3 is 31.1 Å². The Balaban J connectivity index is 0. The van der Waals surface area contributed by atoms with Gasteiger partial charge in [-0.05, 0) is 0 Å². The van der Waals surface area contributed by atoms with Crippen molar-refractivity contribution in [2.24, 2.45) is 0 Å². The van der Waals surface area contributed by atoms with E-state index in [0.29, 0.717) is 6.42 Å². The molecule has 0 aliphatic carbocycles. The smallest absolute Gasteiger partial charge is 0.343 e. The van der Waals surface area contributed by atoms with Gasteiger partial charge in [-0.1, -0.05) is 38.3 Å². The minimum Gasteiger partial charge on any atom is -0.343 e. The van der Waals surface area contributed by atoms with Crippen molar-refractivity contribution in [1.82, 2.24) is 0 Å². The average Bonchev–Trinajstić information content (AvgIpc) is 2.32. The second kappa shape index (κ2) is 13.1. The zero-order valence-corrected chi connectivity index (χ0v) is 15.6. The number of allylic oxidation sites excluding steroid dienone is 1. The predicted octanol–water partition coefficient (Wildman–Crippen LogP) is 4.56. The second-order valence-corrected chi connectivity index (χ2v) is 3.83. The van der Waals surface area contributed by atoms with Gasteiger partial charge in [0, 0.05) is 6.42 Å².